The predicted octanol–water partition coefficient (Wildman–Crippen LogP) is 2.79. The molecule has 1 heterocycles. The average Bonchev–Trinajstić information content (AvgIpc) is 2.12. The molecule has 90 valence electrons. The Kier molecular flexibility index (Phi) is 4.04. The molecular formula is C11H17F2N3. The molecule has 0 spiro atoms. The number of aromatic nitrogens is 1. The molecule has 0 aliphatic carbocycles. The zero-order valence-corrected chi connectivity index (χ0v) is 9.72. The molecule has 0 aromatic carbocycles. The molecule has 0 bridgehead atoms. The Hall–Kier alpha value is -1.39. The van der Waals surface area contributed by atoms with E-state index in [0.29, 0.717) is 5.92 Å². The minimum atomic E-state index is -0.834. The van der Waals surface area contributed by atoms with E-state index in [1.807, 2.05) is 6.92 Å². The summed E-state index contributed by atoms with van der Waals surface area (Å²) < 4.78 is 26.2. The summed E-state index contributed by atoms with van der Waals surface area (Å²) in [6.07, 6.45) is 0.873. The second-order valence-corrected chi connectivity index (χ2v) is 4.36. The van der Waals surface area contributed by atoms with Gasteiger partial charge in [-0.1, -0.05) is 13.8 Å². The van der Waals surface area contributed by atoms with E-state index in [2.05, 4.69) is 24.1 Å². The van der Waals surface area contributed by atoms with Crippen LogP contribution in [0.3, 0.4) is 0 Å². The van der Waals surface area contributed by atoms with Gasteiger partial charge in [-0.2, -0.15) is 0 Å². The van der Waals surface area contributed by atoms with Crippen LogP contribution >= 0.6 is 0 Å². The van der Waals surface area contributed by atoms with Gasteiger partial charge in [0.25, 0.3) is 0 Å². The van der Waals surface area contributed by atoms with E-state index in [-0.39, 0.29) is 17.7 Å². The summed E-state index contributed by atoms with van der Waals surface area (Å²) in [5.41, 5.74) is 5.27. The molecule has 0 fully saturated rings. The molecule has 1 atom stereocenters. The highest BCUT2D eigenvalue weighted by Crippen LogP contribution is 2.18. The van der Waals surface area contributed by atoms with Gasteiger partial charge >= 0.3 is 0 Å². The van der Waals surface area contributed by atoms with Gasteiger partial charge in [-0.15, -0.1) is 0 Å². The second-order valence-electron chi connectivity index (χ2n) is 4.36. The van der Waals surface area contributed by atoms with Crippen LogP contribution in [0.4, 0.5) is 20.4 Å². The number of pyridine rings is 1. The Morgan fingerprint density at radius 3 is 2.50 bits per heavy atom. The number of rotatable bonds is 4. The summed E-state index contributed by atoms with van der Waals surface area (Å²) in [5.74, 6) is -1.35. The molecule has 1 unspecified atom stereocenters. The Balaban J connectivity index is 2.77. The maximum atomic E-state index is 13.3. The monoisotopic (exact) mass is 229 g/mol. The van der Waals surface area contributed by atoms with Crippen molar-refractivity contribution in [2.75, 3.05) is 11.1 Å². The molecule has 0 saturated heterocycles. The van der Waals surface area contributed by atoms with E-state index in [4.69, 9.17) is 5.73 Å². The SMILES string of the molecule is CC(C)CC(C)Nc1nc(N)c(F)cc1F. The van der Waals surface area contributed by atoms with E-state index < -0.39 is 11.6 Å². The average molecular weight is 229 g/mol. The molecule has 1 rings (SSSR count). The smallest absolute Gasteiger partial charge is 0.168 e. The number of nitrogens with zero attached hydrogens (tertiary/aromatic N) is 1. The van der Waals surface area contributed by atoms with Crippen molar-refractivity contribution in [1.82, 2.24) is 4.98 Å². The minimum absolute atomic E-state index is 0.00653. The van der Waals surface area contributed by atoms with Crippen LogP contribution in [0.15, 0.2) is 6.07 Å². The molecule has 0 amide bonds. The Bertz CT molecular complexity index is 366. The Labute approximate surface area is 94.1 Å². The highest BCUT2D eigenvalue weighted by atomic mass is 19.1. The van der Waals surface area contributed by atoms with Crippen LogP contribution in [0.1, 0.15) is 27.2 Å². The van der Waals surface area contributed by atoms with Gasteiger partial charge in [-0.25, -0.2) is 13.8 Å². The van der Waals surface area contributed by atoms with E-state index in [1.165, 1.54) is 0 Å². The van der Waals surface area contributed by atoms with Gasteiger partial charge in [0.1, 0.15) is 0 Å². The number of hydrogen-bond donors (Lipinski definition) is 2. The summed E-state index contributed by atoms with van der Waals surface area (Å²) in [6.45, 7) is 6.06. The first-order chi connectivity index (χ1) is 7.40. The fourth-order valence-electron chi connectivity index (χ4n) is 1.58. The normalized spacial score (nSPS) is 12.9. The number of halogens is 2. The third-order valence-corrected chi connectivity index (χ3v) is 2.16. The molecule has 1 aromatic rings. The van der Waals surface area contributed by atoms with E-state index >= 15 is 0 Å². The zero-order chi connectivity index (χ0) is 12.3. The standard InChI is InChI=1S/C11H17F2N3/c1-6(2)4-7(3)15-11-9(13)5-8(12)10(14)16-11/h5-7H,4H2,1-3H3,(H3,14,15,16). The quantitative estimate of drug-likeness (QED) is 0.834. The first kappa shape index (κ1) is 12.7. The number of hydrogen-bond acceptors (Lipinski definition) is 3. The number of anilines is 2. The second kappa shape index (κ2) is 5.09. The topological polar surface area (TPSA) is 50.9 Å². The number of nitrogen functional groups attached to an aromatic ring is 1. The molecule has 0 aliphatic heterocycles. The van der Waals surface area contributed by atoms with Crippen LogP contribution in [-0.4, -0.2) is 11.0 Å². The van der Waals surface area contributed by atoms with Crippen LogP contribution in [0.25, 0.3) is 0 Å². The van der Waals surface area contributed by atoms with Gasteiger partial charge in [0.2, 0.25) is 0 Å². The lowest BCUT2D eigenvalue weighted by atomic mass is 10.1. The van der Waals surface area contributed by atoms with Gasteiger partial charge in [-0.05, 0) is 19.3 Å². The van der Waals surface area contributed by atoms with Crippen molar-refractivity contribution in [3.05, 3.63) is 17.7 Å². The van der Waals surface area contributed by atoms with Gasteiger partial charge < -0.3 is 11.1 Å². The van der Waals surface area contributed by atoms with Crippen LogP contribution in [0.5, 0.6) is 0 Å². The van der Waals surface area contributed by atoms with Gasteiger partial charge in [-0.3, -0.25) is 0 Å². The van der Waals surface area contributed by atoms with E-state index in [0.717, 1.165) is 12.5 Å². The molecule has 0 aliphatic rings. The Morgan fingerprint density at radius 1 is 1.31 bits per heavy atom. The fraction of sp³-hybridized carbons (Fsp3) is 0.545. The molecule has 3 nitrogen and oxygen atoms in total. The lowest BCUT2D eigenvalue weighted by Gasteiger charge is -2.17. The maximum absolute atomic E-state index is 13.3. The molecule has 0 saturated carbocycles. The van der Waals surface area contributed by atoms with Crippen molar-refractivity contribution in [2.45, 2.75) is 33.2 Å². The lowest BCUT2D eigenvalue weighted by Crippen LogP contribution is -2.19. The predicted molar refractivity (Wildman–Crippen MR) is 61.1 cm³/mol. The van der Waals surface area contributed by atoms with Crippen LogP contribution in [0, 0.1) is 17.6 Å². The van der Waals surface area contributed by atoms with Crippen molar-refractivity contribution in [3.63, 3.8) is 0 Å². The molecule has 5 heteroatoms. The first-order valence-corrected chi connectivity index (χ1v) is 5.28. The third-order valence-electron chi connectivity index (χ3n) is 2.16. The first-order valence-electron chi connectivity index (χ1n) is 5.28. The summed E-state index contributed by atoms with van der Waals surface area (Å²) in [7, 11) is 0. The largest absolute Gasteiger partial charge is 0.381 e. The van der Waals surface area contributed by atoms with E-state index in [9.17, 15) is 8.78 Å². The fourth-order valence-corrected chi connectivity index (χ4v) is 1.58. The summed E-state index contributed by atoms with van der Waals surface area (Å²) in [6, 6.07) is 0.805. The summed E-state index contributed by atoms with van der Waals surface area (Å²) in [4.78, 5) is 3.64. The lowest BCUT2D eigenvalue weighted by molar-refractivity contribution is 0.531. The summed E-state index contributed by atoms with van der Waals surface area (Å²) in [5, 5.41) is 2.88. The van der Waals surface area contributed by atoms with Crippen LogP contribution in [0.2, 0.25) is 0 Å². The highest BCUT2D eigenvalue weighted by molar-refractivity contribution is 5.45. The molecular weight excluding hydrogens is 212 g/mol. The minimum Gasteiger partial charge on any atom is -0.381 e. The Morgan fingerprint density at radius 2 is 1.94 bits per heavy atom. The number of nitrogens with two attached hydrogens (primary N) is 1. The van der Waals surface area contributed by atoms with E-state index in [1.54, 1.807) is 0 Å². The zero-order valence-electron chi connectivity index (χ0n) is 9.72. The van der Waals surface area contributed by atoms with Crippen molar-refractivity contribution >= 4 is 11.6 Å². The van der Waals surface area contributed by atoms with Crippen molar-refractivity contribution in [1.29, 1.82) is 0 Å². The van der Waals surface area contributed by atoms with Crippen LogP contribution in [-0.2, 0) is 0 Å². The van der Waals surface area contributed by atoms with Crippen LogP contribution < -0.4 is 11.1 Å². The maximum Gasteiger partial charge on any atom is 0.168 e. The van der Waals surface area contributed by atoms with Crippen molar-refractivity contribution in [3.8, 4) is 0 Å². The number of nitrogens with one attached hydrogen (secondary N) is 1. The van der Waals surface area contributed by atoms with Gasteiger partial charge in [0.05, 0.1) is 0 Å². The summed E-state index contributed by atoms with van der Waals surface area (Å²) >= 11 is 0. The van der Waals surface area contributed by atoms with Crippen molar-refractivity contribution < 1.29 is 8.78 Å². The molecule has 16 heavy (non-hydrogen) atoms. The third kappa shape index (κ3) is 3.32. The highest BCUT2D eigenvalue weighted by Gasteiger charge is 2.12. The molecule has 1 aromatic heterocycles. The molecule has 0 radical (unpaired) electrons. The van der Waals surface area contributed by atoms with Gasteiger partial charge in [0.15, 0.2) is 23.3 Å². The van der Waals surface area contributed by atoms with Crippen molar-refractivity contribution in [2.24, 2.45) is 5.92 Å². The molecule has 3 N–H and O–H groups in total. The van der Waals surface area contributed by atoms with Gasteiger partial charge in [0, 0.05) is 12.1 Å².